The van der Waals surface area contributed by atoms with Gasteiger partial charge in [0, 0.05) is 12.2 Å². The number of hydrogen-bond donors (Lipinski definition) is 2. The van der Waals surface area contributed by atoms with Gasteiger partial charge in [-0.3, -0.25) is 14.6 Å². The second kappa shape index (κ2) is 7.06. The van der Waals surface area contributed by atoms with Crippen LogP contribution in [0.25, 0.3) is 0 Å². The minimum Gasteiger partial charge on any atom is -0.506 e. The first-order valence-corrected chi connectivity index (χ1v) is 7.21. The molecule has 1 aliphatic rings. The van der Waals surface area contributed by atoms with Gasteiger partial charge in [-0.2, -0.15) is 0 Å². The van der Waals surface area contributed by atoms with Crippen LogP contribution in [0.4, 0.5) is 0 Å². The Hall–Kier alpha value is -2.11. The van der Waals surface area contributed by atoms with Gasteiger partial charge in [0.1, 0.15) is 5.75 Å². The Labute approximate surface area is 123 Å². The van der Waals surface area contributed by atoms with Crippen molar-refractivity contribution in [3.05, 3.63) is 24.0 Å². The van der Waals surface area contributed by atoms with Crippen molar-refractivity contribution in [2.75, 3.05) is 6.61 Å². The molecule has 0 saturated heterocycles. The number of esters is 1. The SMILES string of the molecule is CCOC(=O)C1CCC(NC(=O)c2cncc(O)c2)CC1. The first-order chi connectivity index (χ1) is 10.1. The molecule has 2 N–H and O–H groups in total. The third kappa shape index (κ3) is 4.18. The Morgan fingerprint density at radius 1 is 1.33 bits per heavy atom. The van der Waals surface area contributed by atoms with Gasteiger partial charge in [-0.1, -0.05) is 0 Å². The largest absolute Gasteiger partial charge is 0.506 e. The Morgan fingerprint density at radius 3 is 2.67 bits per heavy atom. The molecule has 1 heterocycles. The lowest BCUT2D eigenvalue weighted by molar-refractivity contribution is -0.149. The highest BCUT2D eigenvalue weighted by Crippen LogP contribution is 2.25. The third-order valence-corrected chi connectivity index (χ3v) is 3.67. The molecule has 0 bridgehead atoms. The van der Waals surface area contributed by atoms with E-state index in [0.717, 1.165) is 25.7 Å². The van der Waals surface area contributed by atoms with Crippen molar-refractivity contribution in [1.82, 2.24) is 10.3 Å². The summed E-state index contributed by atoms with van der Waals surface area (Å²) in [6.07, 6.45) is 5.65. The van der Waals surface area contributed by atoms with Crippen LogP contribution in [0.1, 0.15) is 43.0 Å². The zero-order valence-corrected chi connectivity index (χ0v) is 12.0. The maximum Gasteiger partial charge on any atom is 0.308 e. The molecule has 1 aliphatic carbocycles. The monoisotopic (exact) mass is 292 g/mol. The summed E-state index contributed by atoms with van der Waals surface area (Å²) in [5.41, 5.74) is 0.336. The lowest BCUT2D eigenvalue weighted by Gasteiger charge is -2.27. The fraction of sp³-hybridized carbons (Fsp3) is 0.533. The molecule has 114 valence electrons. The number of aromatic hydroxyl groups is 1. The van der Waals surface area contributed by atoms with Crippen molar-refractivity contribution >= 4 is 11.9 Å². The lowest BCUT2D eigenvalue weighted by Crippen LogP contribution is -2.39. The van der Waals surface area contributed by atoms with Crippen LogP contribution < -0.4 is 5.32 Å². The van der Waals surface area contributed by atoms with Crippen molar-refractivity contribution in [1.29, 1.82) is 0 Å². The van der Waals surface area contributed by atoms with E-state index in [2.05, 4.69) is 10.3 Å². The second-order valence-electron chi connectivity index (χ2n) is 5.21. The van der Waals surface area contributed by atoms with Crippen LogP contribution >= 0.6 is 0 Å². The van der Waals surface area contributed by atoms with Crippen LogP contribution in [0.2, 0.25) is 0 Å². The number of aromatic nitrogens is 1. The summed E-state index contributed by atoms with van der Waals surface area (Å²) in [6, 6.07) is 1.43. The van der Waals surface area contributed by atoms with E-state index in [4.69, 9.17) is 4.74 Å². The molecule has 1 saturated carbocycles. The van der Waals surface area contributed by atoms with Crippen molar-refractivity contribution in [2.24, 2.45) is 5.92 Å². The van der Waals surface area contributed by atoms with Crippen LogP contribution in [0.5, 0.6) is 5.75 Å². The molecule has 0 spiro atoms. The van der Waals surface area contributed by atoms with Gasteiger partial charge in [-0.05, 0) is 38.7 Å². The summed E-state index contributed by atoms with van der Waals surface area (Å²) < 4.78 is 5.02. The topological polar surface area (TPSA) is 88.5 Å². The minimum absolute atomic E-state index is 0.0336. The highest BCUT2D eigenvalue weighted by Gasteiger charge is 2.28. The van der Waals surface area contributed by atoms with Gasteiger partial charge in [-0.15, -0.1) is 0 Å². The summed E-state index contributed by atoms with van der Waals surface area (Å²) in [6.45, 7) is 2.20. The van der Waals surface area contributed by atoms with Gasteiger partial charge in [-0.25, -0.2) is 0 Å². The molecule has 6 heteroatoms. The average Bonchev–Trinajstić information content (AvgIpc) is 2.48. The third-order valence-electron chi connectivity index (χ3n) is 3.67. The molecule has 0 aliphatic heterocycles. The summed E-state index contributed by atoms with van der Waals surface area (Å²) in [5.74, 6) is -0.480. The molecule has 1 aromatic heterocycles. The Kier molecular flexibility index (Phi) is 5.14. The number of carbonyl (C=O) groups excluding carboxylic acids is 2. The van der Waals surface area contributed by atoms with E-state index < -0.39 is 0 Å². The molecule has 0 unspecified atom stereocenters. The van der Waals surface area contributed by atoms with Crippen LogP contribution in [0.15, 0.2) is 18.5 Å². The van der Waals surface area contributed by atoms with E-state index in [1.54, 1.807) is 6.92 Å². The average molecular weight is 292 g/mol. The number of carbonyl (C=O) groups is 2. The molecule has 6 nitrogen and oxygen atoms in total. The smallest absolute Gasteiger partial charge is 0.308 e. The Morgan fingerprint density at radius 2 is 2.05 bits per heavy atom. The quantitative estimate of drug-likeness (QED) is 0.824. The summed E-state index contributed by atoms with van der Waals surface area (Å²) in [7, 11) is 0. The van der Waals surface area contributed by atoms with Gasteiger partial charge in [0.25, 0.3) is 5.91 Å². The van der Waals surface area contributed by atoms with Crippen molar-refractivity contribution in [3.8, 4) is 5.75 Å². The predicted octanol–water partition coefficient (Wildman–Crippen LogP) is 1.64. The number of hydrogen-bond acceptors (Lipinski definition) is 5. The Balaban J connectivity index is 1.83. The highest BCUT2D eigenvalue weighted by molar-refractivity contribution is 5.94. The van der Waals surface area contributed by atoms with E-state index >= 15 is 0 Å². The molecule has 0 aromatic carbocycles. The number of ether oxygens (including phenoxy) is 1. The van der Waals surface area contributed by atoms with E-state index in [-0.39, 0.29) is 29.6 Å². The zero-order valence-electron chi connectivity index (χ0n) is 12.0. The molecular formula is C15H20N2O4. The van der Waals surface area contributed by atoms with E-state index in [0.29, 0.717) is 12.2 Å². The van der Waals surface area contributed by atoms with E-state index in [1.165, 1.54) is 18.5 Å². The lowest BCUT2D eigenvalue weighted by atomic mass is 9.86. The van der Waals surface area contributed by atoms with Crippen molar-refractivity contribution in [3.63, 3.8) is 0 Å². The molecule has 21 heavy (non-hydrogen) atoms. The Bertz CT molecular complexity index is 510. The van der Waals surface area contributed by atoms with Crippen molar-refractivity contribution in [2.45, 2.75) is 38.6 Å². The predicted molar refractivity (Wildman–Crippen MR) is 75.7 cm³/mol. The number of pyridine rings is 1. The maximum absolute atomic E-state index is 12.0. The highest BCUT2D eigenvalue weighted by atomic mass is 16.5. The molecule has 1 amide bonds. The fourth-order valence-electron chi connectivity index (χ4n) is 2.55. The molecular weight excluding hydrogens is 272 g/mol. The fourth-order valence-corrected chi connectivity index (χ4v) is 2.55. The summed E-state index contributed by atoms with van der Waals surface area (Å²) in [5, 5.41) is 12.2. The summed E-state index contributed by atoms with van der Waals surface area (Å²) in [4.78, 5) is 27.5. The number of nitrogens with zero attached hydrogens (tertiary/aromatic N) is 1. The molecule has 0 radical (unpaired) electrons. The van der Waals surface area contributed by atoms with Crippen molar-refractivity contribution < 1.29 is 19.4 Å². The molecule has 1 fully saturated rings. The normalized spacial score (nSPS) is 21.6. The van der Waals surface area contributed by atoms with Gasteiger partial charge < -0.3 is 15.2 Å². The van der Waals surface area contributed by atoms with Gasteiger partial charge in [0.2, 0.25) is 0 Å². The maximum atomic E-state index is 12.0. The number of nitrogens with one attached hydrogen (secondary N) is 1. The first kappa shape index (κ1) is 15.3. The molecule has 1 aromatic rings. The molecule has 0 atom stereocenters. The molecule has 2 rings (SSSR count). The van der Waals surface area contributed by atoms with Crippen LogP contribution in [-0.2, 0) is 9.53 Å². The van der Waals surface area contributed by atoms with E-state index in [1.807, 2.05) is 0 Å². The second-order valence-corrected chi connectivity index (χ2v) is 5.21. The standard InChI is InChI=1S/C15H20N2O4/c1-2-21-15(20)10-3-5-12(6-4-10)17-14(19)11-7-13(18)9-16-8-11/h7-10,12,18H,2-6H2,1H3,(H,17,19). The van der Waals surface area contributed by atoms with Gasteiger partial charge in [0.15, 0.2) is 0 Å². The number of rotatable bonds is 4. The van der Waals surface area contributed by atoms with Crippen LogP contribution in [0, 0.1) is 5.92 Å². The van der Waals surface area contributed by atoms with Crippen LogP contribution in [-0.4, -0.2) is 34.6 Å². The van der Waals surface area contributed by atoms with Gasteiger partial charge in [0.05, 0.1) is 24.3 Å². The first-order valence-electron chi connectivity index (χ1n) is 7.21. The summed E-state index contributed by atoms with van der Waals surface area (Å²) >= 11 is 0. The van der Waals surface area contributed by atoms with Gasteiger partial charge >= 0.3 is 5.97 Å². The zero-order chi connectivity index (χ0) is 15.2. The van der Waals surface area contributed by atoms with Crippen LogP contribution in [0.3, 0.4) is 0 Å². The minimum atomic E-state index is -0.252. The number of amides is 1. The van der Waals surface area contributed by atoms with E-state index in [9.17, 15) is 14.7 Å².